The summed E-state index contributed by atoms with van der Waals surface area (Å²) in [5, 5.41) is 12.9. The second-order valence-corrected chi connectivity index (χ2v) is 7.88. The van der Waals surface area contributed by atoms with Gasteiger partial charge in [0.2, 0.25) is 5.43 Å². The molecule has 162 valence electrons. The lowest BCUT2D eigenvalue weighted by Crippen LogP contribution is -2.49. The maximum atomic E-state index is 13.8. The number of Topliss-reactive ketones (excluding diaryl/α,β-unsaturated/α-hetero) is 1. The SMILES string of the molecule is C[C@]12CC=CCO[C@@H]1Cn1cc(C(=O)NCc3ccc(F)cc3F)c(=O)c(O)c1C2=O. The lowest BCUT2D eigenvalue weighted by Gasteiger charge is -2.40. The van der Waals surface area contributed by atoms with Crippen LogP contribution in [0.3, 0.4) is 0 Å². The molecule has 0 fully saturated rings. The molecule has 2 N–H and O–H groups in total. The number of fused-ring (bicyclic) bond motifs is 2. The van der Waals surface area contributed by atoms with Crippen LogP contribution in [-0.4, -0.2) is 34.1 Å². The number of allylic oxidation sites excluding steroid dienone is 1. The van der Waals surface area contributed by atoms with Crippen LogP contribution >= 0.6 is 0 Å². The van der Waals surface area contributed by atoms with Crippen LogP contribution < -0.4 is 10.7 Å². The minimum absolute atomic E-state index is 0.0299. The van der Waals surface area contributed by atoms with Gasteiger partial charge < -0.3 is 19.7 Å². The number of carbonyl (C=O) groups is 2. The zero-order valence-corrected chi connectivity index (χ0v) is 16.7. The Kier molecular flexibility index (Phi) is 5.22. The van der Waals surface area contributed by atoms with Crippen molar-refractivity contribution in [3.05, 3.63) is 75.2 Å². The lowest BCUT2D eigenvalue weighted by atomic mass is 9.73. The first-order chi connectivity index (χ1) is 14.7. The van der Waals surface area contributed by atoms with Gasteiger partial charge in [0.15, 0.2) is 11.5 Å². The first-order valence-corrected chi connectivity index (χ1v) is 9.72. The van der Waals surface area contributed by atoms with Crippen LogP contribution in [-0.2, 0) is 17.8 Å². The van der Waals surface area contributed by atoms with Crippen molar-refractivity contribution in [3.63, 3.8) is 0 Å². The molecule has 2 atom stereocenters. The van der Waals surface area contributed by atoms with Gasteiger partial charge in [0.1, 0.15) is 22.9 Å². The standard InChI is InChI=1S/C22H20F2N2O5/c1-22-6-2-3-7-31-16(22)11-26-10-14(18(27)19(28)17(26)20(22)29)21(30)25-9-12-4-5-13(23)8-15(12)24/h2-5,8,10,16,28H,6-7,9,11H2,1H3,(H,25,30)/t16-,22+/m1/s1. The van der Waals surface area contributed by atoms with Gasteiger partial charge in [0, 0.05) is 24.4 Å². The minimum Gasteiger partial charge on any atom is -0.503 e. The summed E-state index contributed by atoms with van der Waals surface area (Å²) in [6.07, 6.45) is 4.73. The van der Waals surface area contributed by atoms with Crippen molar-refractivity contribution in [1.29, 1.82) is 0 Å². The summed E-state index contributed by atoms with van der Waals surface area (Å²) in [6.45, 7) is 1.92. The van der Waals surface area contributed by atoms with E-state index in [0.29, 0.717) is 19.1 Å². The molecule has 9 heteroatoms. The Morgan fingerprint density at radius 2 is 2.10 bits per heavy atom. The van der Waals surface area contributed by atoms with Gasteiger partial charge in [-0.05, 0) is 19.4 Å². The van der Waals surface area contributed by atoms with Gasteiger partial charge in [-0.15, -0.1) is 0 Å². The predicted molar refractivity (Wildman–Crippen MR) is 106 cm³/mol. The largest absolute Gasteiger partial charge is 0.503 e. The number of halogens is 2. The van der Waals surface area contributed by atoms with Crippen molar-refractivity contribution in [2.75, 3.05) is 6.61 Å². The monoisotopic (exact) mass is 430 g/mol. The van der Waals surface area contributed by atoms with Crippen molar-refractivity contribution in [3.8, 4) is 5.75 Å². The van der Waals surface area contributed by atoms with Crippen LogP contribution in [0.25, 0.3) is 0 Å². The van der Waals surface area contributed by atoms with Gasteiger partial charge in [-0.25, -0.2) is 8.78 Å². The van der Waals surface area contributed by atoms with Crippen LogP contribution in [0.15, 0.2) is 41.3 Å². The van der Waals surface area contributed by atoms with Crippen molar-refractivity contribution >= 4 is 11.7 Å². The van der Waals surface area contributed by atoms with E-state index in [-0.39, 0.29) is 24.3 Å². The van der Waals surface area contributed by atoms with Crippen LogP contribution in [0.1, 0.15) is 39.8 Å². The molecule has 0 saturated heterocycles. The molecule has 0 unspecified atom stereocenters. The van der Waals surface area contributed by atoms with Crippen LogP contribution in [0.2, 0.25) is 0 Å². The van der Waals surface area contributed by atoms with Gasteiger partial charge in [0.25, 0.3) is 5.91 Å². The highest BCUT2D eigenvalue weighted by Gasteiger charge is 2.48. The quantitative estimate of drug-likeness (QED) is 0.729. The van der Waals surface area contributed by atoms with Gasteiger partial charge >= 0.3 is 0 Å². The Labute approximate surface area is 176 Å². The summed E-state index contributed by atoms with van der Waals surface area (Å²) in [6, 6.07) is 2.92. The normalized spacial score (nSPS) is 22.4. The van der Waals surface area contributed by atoms with Gasteiger partial charge in [0.05, 0.1) is 24.7 Å². The number of hydrogen-bond donors (Lipinski definition) is 2. The zero-order chi connectivity index (χ0) is 22.3. The number of ether oxygens (including phenoxy) is 1. The number of aromatic hydroxyl groups is 1. The summed E-state index contributed by atoms with van der Waals surface area (Å²) in [5.41, 5.74) is -2.47. The number of benzene rings is 1. The van der Waals surface area contributed by atoms with Crippen molar-refractivity contribution < 1.29 is 28.2 Å². The van der Waals surface area contributed by atoms with Gasteiger partial charge in [-0.1, -0.05) is 18.2 Å². The average Bonchev–Trinajstić information content (AvgIpc) is 2.92. The van der Waals surface area contributed by atoms with Crippen LogP contribution in [0, 0.1) is 17.0 Å². The highest BCUT2D eigenvalue weighted by atomic mass is 19.1. The number of aromatic nitrogens is 1. The number of hydrogen-bond acceptors (Lipinski definition) is 5. The van der Waals surface area contributed by atoms with E-state index in [9.17, 15) is 28.3 Å². The molecule has 0 bridgehead atoms. The molecule has 31 heavy (non-hydrogen) atoms. The van der Waals surface area contributed by atoms with E-state index in [1.165, 1.54) is 16.8 Å². The second-order valence-electron chi connectivity index (χ2n) is 7.88. The third-order valence-corrected chi connectivity index (χ3v) is 5.86. The van der Waals surface area contributed by atoms with Crippen molar-refractivity contribution in [2.45, 2.75) is 32.5 Å². The Morgan fingerprint density at radius 3 is 2.84 bits per heavy atom. The zero-order valence-electron chi connectivity index (χ0n) is 16.7. The van der Waals surface area contributed by atoms with E-state index in [4.69, 9.17) is 4.74 Å². The fraction of sp³-hybridized carbons (Fsp3) is 0.318. The molecule has 1 aromatic carbocycles. The van der Waals surface area contributed by atoms with E-state index in [1.807, 2.05) is 6.08 Å². The van der Waals surface area contributed by atoms with E-state index >= 15 is 0 Å². The average molecular weight is 430 g/mol. The molecule has 0 spiro atoms. The van der Waals surface area contributed by atoms with Crippen LogP contribution in [0.5, 0.6) is 5.75 Å². The number of rotatable bonds is 3. The number of ketones is 1. The molecule has 1 aromatic heterocycles. The molecule has 2 aliphatic rings. The highest BCUT2D eigenvalue weighted by Crippen LogP contribution is 2.40. The van der Waals surface area contributed by atoms with Crippen LogP contribution in [0.4, 0.5) is 8.78 Å². The van der Waals surface area contributed by atoms with Gasteiger partial charge in [-0.2, -0.15) is 0 Å². The summed E-state index contributed by atoms with van der Waals surface area (Å²) < 4.78 is 33.9. The number of nitrogens with zero attached hydrogens (tertiary/aromatic N) is 1. The fourth-order valence-corrected chi connectivity index (χ4v) is 3.96. The molecule has 2 aromatic rings. The molecule has 0 radical (unpaired) electrons. The molecule has 0 aliphatic carbocycles. The molecule has 7 nitrogen and oxygen atoms in total. The highest BCUT2D eigenvalue weighted by molar-refractivity contribution is 6.03. The number of amides is 1. The number of pyridine rings is 1. The van der Waals surface area contributed by atoms with E-state index in [2.05, 4.69) is 5.32 Å². The topological polar surface area (TPSA) is 97.6 Å². The molecular formula is C22H20F2N2O5. The predicted octanol–water partition coefficient (Wildman–Crippen LogP) is 2.31. The maximum absolute atomic E-state index is 13.8. The Hall–Kier alpha value is -3.33. The molecule has 1 amide bonds. The first-order valence-electron chi connectivity index (χ1n) is 9.72. The Balaban J connectivity index is 1.65. The third-order valence-electron chi connectivity index (χ3n) is 5.86. The van der Waals surface area contributed by atoms with Crippen molar-refractivity contribution in [1.82, 2.24) is 9.88 Å². The first kappa shape index (κ1) is 20.9. The summed E-state index contributed by atoms with van der Waals surface area (Å²) >= 11 is 0. The Bertz CT molecular complexity index is 1170. The van der Waals surface area contributed by atoms with E-state index in [0.717, 1.165) is 6.07 Å². The minimum atomic E-state index is -0.996. The molecule has 4 rings (SSSR count). The number of carbonyl (C=O) groups excluding carboxylic acids is 2. The summed E-state index contributed by atoms with van der Waals surface area (Å²) in [7, 11) is 0. The molecule has 3 heterocycles. The summed E-state index contributed by atoms with van der Waals surface area (Å²) in [5.74, 6) is -3.69. The summed E-state index contributed by atoms with van der Waals surface area (Å²) in [4.78, 5) is 38.4. The third kappa shape index (κ3) is 3.54. The van der Waals surface area contributed by atoms with Crippen molar-refractivity contribution in [2.24, 2.45) is 5.41 Å². The van der Waals surface area contributed by atoms with E-state index in [1.54, 1.807) is 13.0 Å². The number of nitrogens with one attached hydrogen (secondary N) is 1. The maximum Gasteiger partial charge on any atom is 0.257 e. The second kappa shape index (κ2) is 7.73. The smallest absolute Gasteiger partial charge is 0.257 e. The molecule has 0 saturated carbocycles. The Morgan fingerprint density at radius 1 is 1.32 bits per heavy atom. The van der Waals surface area contributed by atoms with E-state index < -0.39 is 51.6 Å². The van der Waals surface area contributed by atoms with Gasteiger partial charge in [-0.3, -0.25) is 14.4 Å². The fourth-order valence-electron chi connectivity index (χ4n) is 3.96. The molecular weight excluding hydrogens is 410 g/mol. The lowest BCUT2D eigenvalue weighted by molar-refractivity contribution is -0.0235. The molecule has 2 aliphatic heterocycles.